The maximum atomic E-state index is 12.9. The number of amides is 3. The second-order valence-corrected chi connectivity index (χ2v) is 12.9. The molecule has 3 amide bonds. The molecule has 0 saturated carbocycles. The summed E-state index contributed by atoms with van der Waals surface area (Å²) in [6.45, 7) is 6.81. The molecule has 2 aromatic carbocycles. The van der Waals surface area contributed by atoms with Gasteiger partial charge in [0.05, 0.1) is 0 Å². The first kappa shape index (κ1) is 41.8. The first-order valence-corrected chi connectivity index (χ1v) is 18.1. The van der Waals surface area contributed by atoms with Crippen molar-refractivity contribution in [2.75, 3.05) is 26.7 Å². The number of hydrogen-bond acceptors (Lipinski definition) is 4. The molecule has 0 saturated heterocycles. The molecule has 0 aliphatic carbocycles. The van der Waals surface area contributed by atoms with Crippen molar-refractivity contribution >= 4 is 29.3 Å². The average Bonchev–Trinajstić information content (AvgIpc) is 3.10. The number of nitrogens with zero attached hydrogens (tertiary/aromatic N) is 1. The van der Waals surface area contributed by atoms with Crippen LogP contribution in [0, 0.1) is 0 Å². The standard InChI is InChI=1S/C42H56ClN3O4/c1-5-6-7-8-9-10-11-12-13-14-15-16-17-18-19-20-21-22-39(47)46(4)34-33-45-41(49)42(2,3)50-38-29-23-35(24-30-38)31-32-44-40(48)36-25-27-37(43)28-26-36/h6-7,9-10,12-13,15-16,18-19,23-30H,5,8,11,14,17,20-22,31-34H2,1-4H3,(H,44,48)(H,45,49). The van der Waals surface area contributed by atoms with E-state index in [9.17, 15) is 14.4 Å². The Morgan fingerprint density at radius 1 is 0.760 bits per heavy atom. The van der Waals surface area contributed by atoms with Gasteiger partial charge < -0.3 is 20.3 Å². The zero-order valence-electron chi connectivity index (χ0n) is 30.3. The zero-order chi connectivity index (χ0) is 36.5. The smallest absolute Gasteiger partial charge is 0.263 e. The van der Waals surface area contributed by atoms with Gasteiger partial charge >= 0.3 is 0 Å². The summed E-state index contributed by atoms with van der Waals surface area (Å²) < 4.78 is 5.99. The fourth-order valence-electron chi connectivity index (χ4n) is 4.69. The van der Waals surface area contributed by atoms with Crippen molar-refractivity contribution in [2.45, 2.75) is 84.2 Å². The lowest BCUT2D eigenvalue weighted by Crippen LogP contribution is -2.48. The Hall–Kier alpha value is -4.36. The molecule has 8 heteroatoms. The minimum atomic E-state index is -1.10. The summed E-state index contributed by atoms with van der Waals surface area (Å²) in [7, 11) is 1.76. The number of carbonyl (C=O) groups excluding carboxylic acids is 3. The van der Waals surface area contributed by atoms with E-state index in [4.69, 9.17) is 16.3 Å². The first-order valence-electron chi connectivity index (χ1n) is 17.7. The molecular formula is C42H56ClN3O4. The number of unbranched alkanes of at least 4 members (excludes halogenated alkanes) is 1. The van der Waals surface area contributed by atoms with Crippen molar-refractivity contribution < 1.29 is 19.1 Å². The lowest BCUT2D eigenvalue weighted by Gasteiger charge is -2.26. The normalized spacial score (nSPS) is 12.1. The van der Waals surface area contributed by atoms with Crippen LogP contribution in [0.15, 0.2) is 109 Å². The summed E-state index contributed by atoms with van der Waals surface area (Å²) in [4.78, 5) is 39.3. The van der Waals surface area contributed by atoms with E-state index in [0.29, 0.717) is 48.8 Å². The number of ether oxygens (including phenoxy) is 1. The monoisotopic (exact) mass is 701 g/mol. The molecule has 0 fully saturated rings. The van der Waals surface area contributed by atoms with Crippen LogP contribution < -0.4 is 15.4 Å². The Morgan fingerprint density at radius 3 is 1.90 bits per heavy atom. The number of benzene rings is 2. The first-order chi connectivity index (χ1) is 24.1. The number of allylic oxidation sites excluding steroid dienone is 10. The number of halogens is 1. The van der Waals surface area contributed by atoms with E-state index in [1.165, 1.54) is 0 Å². The average molecular weight is 702 g/mol. The molecule has 270 valence electrons. The van der Waals surface area contributed by atoms with Gasteiger partial charge in [0, 0.05) is 43.7 Å². The van der Waals surface area contributed by atoms with Crippen molar-refractivity contribution in [3.05, 3.63) is 125 Å². The minimum absolute atomic E-state index is 0.0618. The van der Waals surface area contributed by atoms with Gasteiger partial charge in [-0.2, -0.15) is 0 Å². The third-order valence-corrected chi connectivity index (χ3v) is 7.98. The fraction of sp³-hybridized carbons (Fsp3) is 0.405. The summed E-state index contributed by atoms with van der Waals surface area (Å²) in [5.41, 5.74) is 0.490. The maximum Gasteiger partial charge on any atom is 0.263 e. The highest BCUT2D eigenvalue weighted by atomic mass is 35.5. The predicted octanol–water partition coefficient (Wildman–Crippen LogP) is 8.97. The van der Waals surface area contributed by atoms with Crippen LogP contribution in [0.5, 0.6) is 5.75 Å². The molecule has 0 aliphatic rings. The topological polar surface area (TPSA) is 87.7 Å². The lowest BCUT2D eigenvalue weighted by atomic mass is 10.1. The number of nitrogens with one attached hydrogen (secondary N) is 2. The highest BCUT2D eigenvalue weighted by Gasteiger charge is 2.29. The Balaban J connectivity index is 1.56. The van der Waals surface area contributed by atoms with E-state index in [0.717, 1.165) is 50.5 Å². The number of likely N-dealkylation sites (N-methyl/N-ethyl adjacent to an activating group) is 1. The van der Waals surface area contributed by atoms with Crippen LogP contribution in [0.4, 0.5) is 0 Å². The largest absolute Gasteiger partial charge is 0.478 e. The summed E-state index contributed by atoms with van der Waals surface area (Å²) in [6, 6.07) is 14.2. The molecule has 0 aliphatic heterocycles. The van der Waals surface area contributed by atoms with Gasteiger partial charge in [0.25, 0.3) is 11.8 Å². The van der Waals surface area contributed by atoms with Gasteiger partial charge in [-0.1, -0.05) is 91.4 Å². The molecule has 0 unspecified atom stereocenters. The van der Waals surface area contributed by atoms with E-state index >= 15 is 0 Å². The van der Waals surface area contributed by atoms with Gasteiger partial charge in [-0.05, 0) is 107 Å². The number of hydrogen-bond donors (Lipinski definition) is 2. The van der Waals surface area contributed by atoms with Crippen molar-refractivity contribution in [1.29, 1.82) is 0 Å². The molecule has 50 heavy (non-hydrogen) atoms. The van der Waals surface area contributed by atoms with E-state index < -0.39 is 5.60 Å². The Bertz CT molecular complexity index is 1440. The molecule has 0 aromatic heterocycles. The molecule has 0 atom stereocenters. The summed E-state index contributed by atoms with van der Waals surface area (Å²) in [5, 5.41) is 6.38. The van der Waals surface area contributed by atoms with Gasteiger partial charge in [0.2, 0.25) is 5.91 Å². The Labute approximate surface area is 305 Å². The highest BCUT2D eigenvalue weighted by molar-refractivity contribution is 6.30. The van der Waals surface area contributed by atoms with E-state index in [2.05, 4.69) is 78.3 Å². The van der Waals surface area contributed by atoms with Gasteiger partial charge in [-0.15, -0.1) is 0 Å². The highest BCUT2D eigenvalue weighted by Crippen LogP contribution is 2.20. The molecule has 2 N–H and O–H groups in total. The molecule has 0 radical (unpaired) electrons. The van der Waals surface area contributed by atoms with Crippen molar-refractivity contribution in [3.8, 4) is 5.75 Å². The van der Waals surface area contributed by atoms with Gasteiger partial charge in [-0.3, -0.25) is 14.4 Å². The predicted molar refractivity (Wildman–Crippen MR) is 208 cm³/mol. The van der Waals surface area contributed by atoms with Gasteiger partial charge in [0.1, 0.15) is 5.75 Å². The Morgan fingerprint density at radius 2 is 1.32 bits per heavy atom. The van der Waals surface area contributed by atoms with Gasteiger partial charge in [-0.25, -0.2) is 0 Å². The maximum absolute atomic E-state index is 12.9. The minimum Gasteiger partial charge on any atom is -0.478 e. The van der Waals surface area contributed by atoms with Crippen LogP contribution in [0.3, 0.4) is 0 Å². The second-order valence-electron chi connectivity index (χ2n) is 12.4. The van der Waals surface area contributed by atoms with Crippen LogP contribution in [0.1, 0.15) is 88.1 Å². The van der Waals surface area contributed by atoms with Crippen molar-refractivity contribution in [2.24, 2.45) is 0 Å². The Kier molecular flexibility index (Phi) is 20.7. The second kappa shape index (κ2) is 24.7. The van der Waals surface area contributed by atoms with Crippen molar-refractivity contribution in [1.82, 2.24) is 15.5 Å². The van der Waals surface area contributed by atoms with Crippen LogP contribution >= 0.6 is 11.6 Å². The van der Waals surface area contributed by atoms with Crippen molar-refractivity contribution in [3.63, 3.8) is 0 Å². The molecule has 2 rings (SSSR count). The summed E-state index contributed by atoms with van der Waals surface area (Å²) in [6.07, 6.45) is 29.4. The third-order valence-electron chi connectivity index (χ3n) is 7.73. The molecule has 0 bridgehead atoms. The fourth-order valence-corrected chi connectivity index (χ4v) is 4.82. The molecule has 7 nitrogen and oxygen atoms in total. The molecule has 2 aromatic rings. The number of rotatable bonds is 23. The zero-order valence-corrected chi connectivity index (χ0v) is 31.1. The van der Waals surface area contributed by atoms with E-state index in [-0.39, 0.29) is 17.7 Å². The lowest BCUT2D eigenvalue weighted by molar-refractivity contribution is -0.135. The van der Waals surface area contributed by atoms with Crippen LogP contribution in [0.25, 0.3) is 0 Å². The summed E-state index contributed by atoms with van der Waals surface area (Å²) >= 11 is 5.88. The SMILES string of the molecule is CCC=CCC=CCC=CCC=CCC=CCCCC(=O)N(C)CCNC(=O)C(C)(C)Oc1ccc(CCNC(=O)c2ccc(Cl)cc2)cc1. The molecule has 0 spiro atoms. The molecule has 0 heterocycles. The summed E-state index contributed by atoms with van der Waals surface area (Å²) in [5.74, 6) is 0.221. The van der Waals surface area contributed by atoms with Crippen LogP contribution in [-0.4, -0.2) is 54.9 Å². The number of carbonyl (C=O) groups is 3. The quantitative estimate of drug-likeness (QED) is 0.0895. The van der Waals surface area contributed by atoms with Crippen LogP contribution in [0.2, 0.25) is 5.02 Å². The third kappa shape index (κ3) is 18.4. The molecular weight excluding hydrogens is 646 g/mol. The van der Waals surface area contributed by atoms with Gasteiger partial charge in [0.15, 0.2) is 5.60 Å². The van der Waals surface area contributed by atoms with E-state index in [1.54, 1.807) is 50.1 Å². The van der Waals surface area contributed by atoms with E-state index in [1.807, 2.05) is 24.3 Å². The van der Waals surface area contributed by atoms with Crippen LogP contribution in [-0.2, 0) is 16.0 Å².